The molecule has 0 aromatic carbocycles. The van der Waals surface area contributed by atoms with Crippen LogP contribution in [-0.4, -0.2) is 26.1 Å². The van der Waals surface area contributed by atoms with Gasteiger partial charge in [-0.05, 0) is 13.0 Å². The highest BCUT2D eigenvalue weighted by atomic mass is 35.5. The maximum Gasteiger partial charge on any atom is 0.261 e. The van der Waals surface area contributed by atoms with Crippen molar-refractivity contribution in [3.8, 4) is 0 Å². The first kappa shape index (κ1) is 11.4. The molecule has 0 spiro atoms. The topological polar surface area (TPSA) is 80.7 Å². The Bertz CT molecular complexity index is 546. The molecule has 7 heteroatoms. The molecule has 6 nitrogen and oxygen atoms in total. The zero-order valence-corrected chi connectivity index (χ0v) is 9.64. The largest absolute Gasteiger partial charge is 0.289 e. The van der Waals surface area contributed by atoms with E-state index in [1.807, 2.05) is 0 Å². The molecule has 0 unspecified atom stereocenters. The van der Waals surface area contributed by atoms with Gasteiger partial charge in [0, 0.05) is 11.9 Å². The van der Waals surface area contributed by atoms with E-state index in [0.29, 0.717) is 5.02 Å². The Balaban J connectivity index is 2.21. The molecule has 0 aliphatic rings. The van der Waals surface area contributed by atoms with Crippen LogP contribution in [0.4, 0.5) is 5.95 Å². The van der Waals surface area contributed by atoms with Crippen LogP contribution in [0.3, 0.4) is 0 Å². The van der Waals surface area contributed by atoms with E-state index < -0.39 is 5.91 Å². The standard InChI is InChI=1S/C10H8ClN5O/c1-6-4-8(11)7(5-13-6)9(17)15-10-12-2-3-14-16-10/h2-5H,1H3,(H,12,15,16,17). The van der Waals surface area contributed by atoms with Gasteiger partial charge >= 0.3 is 0 Å². The highest BCUT2D eigenvalue weighted by Gasteiger charge is 2.12. The lowest BCUT2D eigenvalue weighted by Crippen LogP contribution is -2.15. The summed E-state index contributed by atoms with van der Waals surface area (Å²) in [5, 5.41) is 10.0. The molecule has 0 saturated carbocycles. The molecular weight excluding hydrogens is 242 g/mol. The van der Waals surface area contributed by atoms with Gasteiger partial charge in [0.25, 0.3) is 5.91 Å². The van der Waals surface area contributed by atoms with Crippen LogP contribution in [0.15, 0.2) is 24.7 Å². The molecule has 0 aliphatic heterocycles. The van der Waals surface area contributed by atoms with Gasteiger partial charge in [-0.25, -0.2) is 4.98 Å². The number of aromatic nitrogens is 4. The molecule has 1 N–H and O–H groups in total. The Morgan fingerprint density at radius 2 is 2.18 bits per heavy atom. The number of carbonyl (C=O) groups is 1. The van der Waals surface area contributed by atoms with Gasteiger partial charge in [0.1, 0.15) is 0 Å². The van der Waals surface area contributed by atoms with Crippen LogP contribution < -0.4 is 5.32 Å². The molecule has 0 saturated heterocycles. The molecule has 0 aliphatic carbocycles. The molecule has 0 radical (unpaired) electrons. The van der Waals surface area contributed by atoms with E-state index in [0.717, 1.165) is 5.69 Å². The van der Waals surface area contributed by atoms with E-state index in [1.54, 1.807) is 13.0 Å². The number of nitrogens with zero attached hydrogens (tertiary/aromatic N) is 4. The number of carbonyl (C=O) groups excluding carboxylic acids is 1. The summed E-state index contributed by atoms with van der Waals surface area (Å²) in [5.41, 5.74) is 1.01. The highest BCUT2D eigenvalue weighted by molar-refractivity contribution is 6.34. The minimum absolute atomic E-state index is 0.120. The Morgan fingerprint density at radius 3 is 2.82 bits per heavy atom. The van der Waals surface area contributed by atoms with Crippen LogP contribution in [0.1, 0.15) is 16.1 Å². The lowest BCUT2D eigenvalue weighted by molar-refractivity contribution is 0.102. The van der Waals surface area contributed by atoms with E-state index in [4.69, 9.17) is 11.6 Å². The number of halogens is 1. The summed E-state index contributed by atoms with van der Waals surface area (Å²) < 4.78 is 0. The van der Waals surface area contributed by atoms with Crippen LogP contribution in [0, 0.1) is 6.92 Å². The summed E-state index contributed by atoms with van der Waals surface area (Å²) in [7, 11) is 0. The van der Waals surface area contributed by atoms with Crippen molar-refractivity contribution in [2.24, 2.45) is 0 Å². The van der Waals surface area contributed by atoms with Crippen LogP contribution in [0.25, 0.3) is 0 Å². The molecular formula is C10H8ClN5O. The number of hydrogen-bond acceptors (Lipinski definition) is 5. The fraction of sp³-hybridized carbons (Fsp3) is 0.100. The average molecular weight is 250 g/mol. The van der Waals surface area contributed by atoms with Crippen LogP contribution >= 0.6 is 11.6 Å². The summed E-state index contributed by atoms with van der Waals surface area (Å²) in [4.78, 5) is 19.6. The summed E-state index contributed by atoms with van der Waals surface area (Å²) in [6, 6.07) is 1.61. The van der Waals surface area contributed by atoms with Crippen LogP contribution in [-0.2, 0) is 0 Å². The van der Waals surface area contributed by atoms with E-state index in [1.165, 1.54) is 18.6 Å². The number of anilines is 1. The van der Waals surface area contributed by atoms with Crippen molar-refractivity contribution in [1.29, 1.82) is 0 Å². The Kier molecular flexibility index (Phi) is 3.24. The molecule has 2 heterocycles. The minimum Gasteiger partial charge on any atom is -0.289 e. The smallest absolute Gasteiger partial charge is 0.261 e. The van der Waals surface area contributed by atoms with Crippen molar-refractivity contribution in [2.75, 3.05) is 5.32 Å². The second-order valence-electron chi connectivity index (χ2n) is 3.23. The van der Waals surface area contributed by atoms with E-state index >= 15 is 0 Å². The lowest BCUT2D eigenvalue weighted by Gasteiger charge is -2.04. The van der Waals surface area contributed by atoms with Crippen molar-refractivity contribution in [3.05, 3.63) is 40.9 Å². The third-order valence-electron chi connectivity index (χ3n) is 1.94. The molecule has 0 fully saturated rings. The van der Waals surface area contributed by atoms with E-state index in [2.05, 4.69) is 25.5 Å². The molecule has 1 amide bonds. The summed E-state index contributed by atoms with van der Waals surface area (Å²) in [6.45, 7) is 1.79. The molecule has 17 heavy (non-hydrogen) atoms. The highest BCUT2D eigenvalue weighted by Crippen LogP contribution is 2.16. The number of rotatable bonds is 2. The molecule has 0 atom stereocenters. The fourth-order valence-electron chi connectivity index (χ4n) is 1.17. The Morgan fingerprint density at radius 1 is 1.35 bits per heavy atom. The van der Waals surface area contributed by atoms with Gasteiger partial charge in [0.05, 0.1) is 23.0 Å². The summed E-state index contributed by atoms with van der Waals surface area (Å²) >= 11 is 5.93. The molecule has 86 valence electrons. The number of amides is 1. The zero-order chi connectivity index (χ0) is 12.3. The van der Waals surface area contributed by atoms with Crippen molar-refractivity contribution in [1.82, 2.24) is 20.2 Å². The van der Waals surface area contributed by atoms with Gasteiger partial charge in [0.2, 0.25) is 5.95 Å². The Labute approximate surface area is 102 Å². The normalized spacial score (nSPS) is 10.0. The van der Waals surface area contributed by atoms with Crippen molar-refractivity contribution < 1.29 is 4.79 Å². The predicted molar refractivity (Wildman–Crippen MR) is 61.8 cm³/mol. The van der Waals surface area contributed by atoms with Crippen molar-refractivity contribution >= 4 is 23.5 Å². The monoisotopic (exact) mass is 249 g/mol. The average Bonchev–Trinajstić information content (AvgIpc) is 2.30. The maximum atomic E-state index is 11.8. The molecule has 2 aromatic rings. The zero-order valence-electron chi connectivity index (χ0n) is 8.88. The summed E-state index contributed by atoms with van der Waals surface area (Å²) in [6.07, 6.45) is 4.25. The van der Waals surface area contributed by atoms with E-state index in [-0.39, 0.29) is 11.5 Å². The van der Waals surface area contributed by atoms with Gasteiger partial charge in [-0.2, -0.15) is 5.10 Å². The fourth-order valence-corrected chi connectivity index (χ4v) is 1.46. The van der Waals surface area contributed by atoms with E-state index in [9.17, 15) is 4.79 Å². The first-order chi connectivity index (χ1) is 8.16. The molecule has 0 bridgehead atoms. The van der Waals surface area contributed by atoms with Crippen molar-refractivity contribution in [2.45, 2.75) is 6.92 Å². The van der Waals surface area contributed by atoms with Crippen LogP contribution in [0.2, 0.25) is 5.02 Å². The third-order valence-corrected chi connectivity index (χ3v) is 2.26. The number of nitrogens with one attached hydrogen (secondary N) is 1. The SMILES string of the molecule is Cc1cc(Cl)c(C(=O)Nc2nccnn2)cn1. The third kappa shape index (κ3) is 2.73. The second kappa shape index (κ2) is 4.84. The van der Waals surface area contributed by atoms with Crippen LogP contribution in [0.5, 0.6) is 0 Å². The number of aryl methyl sites for hydroxylation is 1. The second-order valence-corrected chi connectivity index (χ2v) is 3.63. The predicted octanol–water partition coefficient (Wildman–Crippen LogP) is 1.48. The number of hydrogen-bond donors (Lipinski definition) is 1. The Hall–Kier alpha value is -2.08. The quantitative estimate of drug-likeness (QED) is 0.872. The number of pyridine rings is 1. The minimum atomic E-state index is -0.421. The molecule has 2 rings (SSSR count). The first-order valence-electron chi connectivity index (χ1n) is 4.74. The first-order valence-corrected chi connectivity index (χ1v) is 5.12. The summed E-state index contributed by atoms with van der Waals surface area (Å²) in [5.74, 6) is -0.301. The van der Waals surface area contributed by atoms with Gasteiger partial charge in [0.15, 0.2) is 0 Å². The van der Waals surface area contributed by atoms with Gasteiger partial charge in [-0.1, -0.05) is 11.6 Å². The van der Waals surface area contributed by atoms with Crippen molar-refractivity contribution in [3.63, 3.8) is 0 Å². The maximum absolute atomic E-state index is 11.8. The van der Waals surface area contributed by atoms with Gasteiger partial charge < -0.3 is 0 Å². The van der Waals surface area contributed by atoms with Gasteiger partial charge in [-0.3, -0.25) is 15.1 Å². The molecule has 2 aromatic heterocycles. The van der Waals surface area contributed by atoms with Gasteiger partial charge in [-0.15, -0.1) is 5.10 Å². The lowest BCUT2D eigenvalue weighted by atomic mass is 10.2.